The summed E-state index contributed by atoms with van der Waals surface area (Å²) in [5.74, 6) is 0.379. The van der Waals surface area contributed by atoms with Crippen molar-refractivity contribution in [3.63, 3.8) is 0 Å². The van der Waals surface area contributed by atoms with Crippen molar-refractivity contribution in [1.29, 1.82) is 0 Å². The van der Waals surface area contributed by atoms with E-state index in [1.807, 2.05) is 0 Å². The minimum atomic E-state index is -0.0520. The molecule has 0 radical (unpaired) electrons. The first-order valence-electron chi connectivity index (χ1n) is 8.51. The van der Waals surface area contributed by atoms with E-state index < -0.39 is 0 Å². The zero-order chi connectivity index (χ0) is 17.6. The Morgan fingerprint density at radius 3 is 2.09 bits per heavy atom. The summed E-state index contributed by atoms with van der Waals surface area (Å²) in [4.78, 5) is 0. The summed E-state index contributed by atoms with van der Waals surface area (Å²) < 4.78 is 0. The molecule has 2 heteroatoms. The molecule has 0 saturated carbocycles. The average Bonchev–Trinajstić information content (AvgIpc) is 2.45. The quantitative estimate of drug-likeness (QED) is 0.604. The molecule has 0 heterocycles. The van der Waals surface area contributed by atoms with E-state index in [9.17, 15) is 10.2 Å². The number of hydrogen-bond donors (Lipinski definition) is 2. The van der Waals surface area contributed by atoms with Gasteiger partial charge in [-0.15, -0.1) is 0 Å². The van der Waals surface area contributed by atoms with Crippen molar-refractivity contribution in [3.05, 3.63) is 46.6 Å². The Kier molecular flexibility index (Phi) is 6.93. The summed E-state index contributed by atoms with van der Waals surface area (Å²) in [5.41, 5.74) is 4.15. The fraction of sp³-hybridized carbons (Fsp3) is 0.524. The Morgan fingerprint density at radius 2 is 1.61 bits per heavy atom. The molecule has 0 fully saturated rings. The molecule has 1 aromatic rings. The molecule has 0 amide bonds. The molecule has 0 atom stereocenters. The first-order chi connectivity index (χ1) is 10.7. The third kappa shape index (κ3) is 5.78. The van der Waals surface area contributed by atoms with Crippen LogP contribution in [0.1, 0.15) is 71.9 Å². The standard InChI is InChI=1S/C21H32O2/c1-7-21(5,6)17-13-19(22)18(20(23)14-17)12-11-16(4)10-8-9-15(2)3/h9,11,13-14,22-23H,7-8,10,12H2,1-6H3/b16-11+. The van der Waals surface area contributed by atoms with Crippen molar-refractivity contribution in [2.75, 3.05) is 0 Å². The highest BCUT2D eigenvalue weighted by molar-refractivity contribution is 5.49. The van der Waals surface area contributed by atoms with E-state index in [0.29, 0.717) is 12.0 Å². The van der Waals surface area contributed by atoms with Crippen LogP contribution < -0.4 is 0 Å². The highest BCUT2D eigenvalue weighted by atomic mass is 16.3. The molecule has 0 bridgehead atoms. The summed E-state index contributed by atoms with van der Waals surface area (Å²) in [6, 6.07) is 3.59. The third-order valence-electron chi connectivity index (χ3n) is 4.61. The van der Waals surface area contributed by atoms with Crippen LogP contribution in [-0.4, -0.2) is 10.2 Å². The number of phenols is 2. The lowest BCUT2D eigenvalue weighted by Crippen LogP contribution is -2.15. The zero-order valence-corrected chi connectivity index (χ0v) is 15.5. The number of rotatable bonds is 7. The number of aromatic hydroxyl groups is 2. The van der Waals surface area contributed by atoms with Crippen molar-refractivity contribution in [3.8, 4) is 11.5 Å². The fourth-order valence-electron chi connectivity index (χ4n) is 2.41. The van der Waals surface area contributed by atoms with E-state index in [1.54, 1.807) is 12.1 Å². The Labute approximate surface area is 141 Å². The van der Waals surface area contributed by atoms with Crippen LogP contribution in [0.15, 0.2) is 35.4 Å². The molecule has 1 rings (SSSR count). The van der Waals surface area contributed by atoms with Crippen molar-refractivity contribution < 1.29 is 10.2 Å². The zero-order valence-electron chi connectivity index (χ0n) is 15.5. The minimum absolute atomic E-state index is 0.0520. The third-order valence-corrected chi connectivity index (χ3v) is 4.61. The second-order valence-electron chi connectivity index (χ2n) is 7.31. The van der Waals surface area contributed by atoms with E-state index >= 15 is 0 Å². The molecule has 23 heavy (non-hydrogen) atoms. The molecule has 0 unspecified atom stereocenters. The fourth-order valence-corrected chi connectivity index (χ4v) is 2.41. The van der Waals surface area contributed by atoms with Crippen molar-refractivity contribution in [2.24, 2.45) is 0 Å². The number of hydrogen-bond acceptors (Lipinski definition) is 2. The first-order valence-corrected chi connectivity index (χ1v) is 8.51. The van der Waals surface area contributed by atoms with Crippen molar-refractivity contribution in [1.82, 2.24) is 0 Å². The summed E-state index contributed by atoms with van der Waals surface area (Å²) in [7, 11) is 0. The summed E-state index contributed by atoms with van der Waals surface area (Å²) in [5, 5.41) is 20.6. The lowest BCUT2D eigenvalue weighted by atomic mass is 9.81. The Morgan fingerprint density at radius 1 is 1.04 bits per heavy atom. The van der Waals surface area contributed by atoms with Crippen LogP contribution in [0.2, 0.25) is 0 Å². The molecule has 0 aliphatic carbocycles. The Bertz CT molecular complexity index is 565. The smallest absolute Gasteiger partial charge is 0.123 e. The van der Waals surface area contributed by atoms with Crippen LogP contribution in [0.4, 0.5) is 0 Å². The summed E-state index contributed by atoms with van der Waals surface area (Å²) in [6.45, 7) is 12.7. The average molecular weight is 316 g/mol. The molecular weight excluding hydrogens is 284 g/mol. The van der Waals surface area contributed by atoms with Gasteiger partial charge in [-0.3, -0.25) is 0 Å². The van der Waals surface area contributed by atoms with E-state index in [4.69, 9.17) is 0 Å². The number of allylic oxidation sites excluding steroid dienone is 4. The summed E-state index contributed by atoms with van der Waals surface area (Å²) >= 11 is 0. The Balaban J connectivity index is 2.88. The normalized spacial score (nSPS) is 12.3. The van der Waals surface area contributed by atoms with Gasteiger partial charge >= 0.3 is 0 Å². The largest absolute Gasteiger partial charge is 0.508 e. The second kappa shape index (κ2) is 8.24. The van der Waals surface area contributed by atoms with Gasteiger partial charge in [0, 0.05) is 5.56 Å². The summed E-state index contributed by atoms with van der Waals surface area (Å²) in [6.07, 6.45) is 7.88. The molecule has 0 aliphatic rings. The molecule has 128 valence electrons. The van der Waals surface area contributed by atoms with Crippen LogP contribution in [0.5, 0.6) is 11.5 Å². The SMILES string of the molecule is CCC(C)(C)c1cc(O)c(C/C=C(\C)CCC=C(C)C)c(O)c1. The van der Waals surface area contributed by atoms with Gasteiger partial charge in [-0.25, -0.2) is 0 Å². The highest BCUT2D eigenvalue weighted by Crippen LogP contribution is 2.36. The van der Waals surface area contributed by atoms with Gasteiger partial charge in [-0.1, -0.05) is 44.1 Å². The van der Waals surface area contributed by atoms with E-state index in [2.05, 4.69) is 53.7 Å². The molecule has 2 N–H and O–H groups in total. The minimum Gasteiger partial charge on any atom is -0.508 e. The van der Waals surface area contributed by atoms with Gasteiger partial charge in [-0.2, -0.15) is 0 Å². The molecular formula is C21H32O2. The van der Waals surface area contributed by atoms with Crippen molar-refractivity contribution >= 4 is 0 Å². The van der Waals surface area contributed by atoms with Gasteiger partial charge in [-0.05, 0) is 69.6 Å². The molecule has 2 nitrogen and oxygen atoms in total. The lowest BCUT2D eigenvalue weighted by Gasteiger charge is -2.24. The first kappa shape index (κ1) is 19.3. The monoisotopic (exact) mass is 316 g/mol. The van der Waals surface area contributed by atoms with E-state index in [1.165, 1.54) is 11.1 Å². The molecule has 0 aliphatic heterocycles. The molecule has 0 saturated heterocycles. The van der Waals surface area contributed by atoms with Gasteiger partial charge < -0.3 is 10.2 Å². The maximum Gasteiger partial charge on any atom is 0.123 e. The van der Waals surface area contributed by atoms with Gasteiger partial charge in [0.15, 0.2) is 0 Å². The van der Waals surface area contributed by atoms with Gasteiger partial charge in [0.25, 0.3) is 0 Å². The maximum absolute atomic E-state index is 10.3. The van der Waals surface area contributed by atoms with Crippen LogP contribution in [0.3, 0.4) is 0 Å². The van der Waals surface area contributed by atoms with Crippen molar-refractivity contribution in [2.45, 2.75) is 72.6 Å². The number of benzene rings is 1. The molecule has 1 aromatic carbocycles. The highest BCUT2D eigenvalue weighted by Gasteiger charge is 2.21. The van der Waals surface area contributed by atoms with Crippen LogP contribution in [0, 0.1) is 0 Å². The van der Waals surface area contributed by atoms with Crippen LogP contribution in [0.25, 0.3) is 0 Å². The van der Waals surface area contributed by atoms with Crippen LogP contribution >= 0.6 is 0 Å². The Hall–Kier alpha value is -1.70. The number of phenolic OH excluding ortho intramolecular Hbond substituents is 2. The van der Waals surface area contributed by atoms with E-state index in [-0.39, 0.29) is 16.9 Å². The molecule has 0 aromatic heterocycles. The topological polar surface area (TPSA) is 40.5 Å². The van der Waals surface area contributed by atoms with Crippen LogP contribution in [-0.2, 0) is 11.8 Å². The van der Waals surface area contributed by atoms with Gasteiger partial charge in [0.05, 0.1) is 0 Å². The predicted molar refractivity (Wildman–Crippen MR) is 99.2 cm³/mol. The van der Waals surface area contributed by atoms with E-state index in [0.717, 1.165) is 24.8 Å². The maximum atomic E-state index is 10.3. The molecule has 0 spiro atoms. The van der Waals surface area contributed by atoms with Gasteiger partial charge in [0.2, 0.25) is 0 Å². The van der Waals surface area contributed by atoms with Gasteiger partial charge in [0.1, 0.15) is 11.5 Å². The lowest BCUT2D eigenvalue weighted by molar-refractivity contribution is 0.430. The predicted octanol–water partition coefficient (Wildman–Crippen LogP) is 6.02. The second-order valence-corrected chi connectivity index (χ2v) is 7.31.